The van der Waals surface area contributed by atoms with Crippen LogP contribution in [0.15, 0.2) is 24.3 Å². The van der Waals surface area contributed by atoms with Crippen molar-refractivity contribution >= 4 is 11.8 Å². The minimum Gasteiger partial charge on any atom is -0.394 e. The lowest BCUT2D eigenvalue weighted by Gasteiger charge is -2.07. The van der Waals surface area contributed by atoms with Gasteiger partial charge in [-0.1, -0.05) is 12.1 Å². The molecular formula is C16H22N2O4. The van der Waals surface area contributed by atoms with E-state index in [1.807, 2.05) is 12.1 Å². The van der Waals surface area contributed by atoms with E-state index in [0.29, 0.717) is 25.3 Å². The van der Waals surface area contributed by atoms with E-state index in [0.717, 1.165) is 18.4 Å². The van der Waals surface area contributed by atoms with Crippen LogP contribution in [0.5, 0.6) is 0 Å². The van der Waals surface area contributed by atoms with Gasteiger partial charge in [0.2, 0.25) is 5.91 Å². The van der Waals surface area contributed by atoms with E-state index in [-0.39, 0.29) is 30.9 Å². The molecule has 0 bridgehead atoms. The molecule has 1 saturated carbocycles. The Labute approximate surface area is 129 Å². The van der Waals surface area contributed by atoms with E-state index < -0.39 is 0 Å². The molecule has 22 heavy (non-hydrogen) atoms. The summed E-state index contributed by atoms with van der Waals surface area (Å²) in [7, 11) is 0. The first-order valence-electron chi connectivity index (χ1n) is 7.54. The minimum atomic E-state index is -0.166. The number of hydrogen-bond acceptors (Lipinski definition) is 4. The van der Waals surface area contributed by atoms with Crippen molar-refractivity contribution < 1.29 is 19.4 Å². The first-order valence-corrected chi connectivity index (χ1v) is 7.54. The molecule has 2 rings (SSSR count). The molecule has 1 aromatic carbocycles. The SMILES string of the molecule is O=C(NCCOCCO)c1ccc(CNC(=O)C2CC2)cc1. The highest BCUT2D eigenvalue weighted by atomic mass is 16.5. The quantitative estimate of drug-likeness (QED) is 0.578. The number of aliphatic hydroxyl groups excluding tert-OH is 1. The number of aliphatic hydroxyl groups is 1. The van der Waals surface area contributed by atoms with Crippen molar-refractivity contribution in [3.63, 3.8) is 0 Å². The standard InChI is InChI=1S/C16H22N2O4/c19-8-10-22-9-7-17-15(20)13-3-1-12(2-4-13)11-18-16(21)14-5-6-14/h1-4,14,19H,5-11H2,(H,17,20)(H,18,21). The van der Waals surface area contributed by atoms with Gasteiger partial charge in [0.25, 0.3) is 5.91 Å². The van der Waals surface area contributed by atoms with Crippen LogP contribution in [0.3, 0.4) is 0 Å². The molecule has 120 valence electrons. The average molecular weight is 306 g/mol. The third kappa shape index (κ3) is 5.46. The number of carbonyl (C=O) groups excluding carboxylic acids is 2. The molecule has 0 aliphatic heterocycles. The van der Waals surface area contributed by atoms with Crippen LogP contribution < -0.4 is 10.6 Å². The van der Waals surface area contributed by atoms with E-state index >= 15 is 0 Å². The molecule has 3 N–H and O–H groups in total. The summed E-state index contributed by atoms with van der Waals surface area (Å²) in [6, 6.07) is 7.15. The number of carbonyl (C=O) groups is 2. The Bertz CT molecular complexity index is 497. The van der Waals surface area contributed by atoms with Crippen LogP contribution in [0.25, 0.3) is 0 Å². The molecule has 0 spiro atoms. The van der Waals surface area contributed by atoms with E-state index in [2.05, 4.69) is 10.6 Å². The third-order valence-corrected chi connectivity index (χ3v) is 3.40. The highest BCUT2D eigenvalue weighted by Gasteiger charge is 2.29. The number of benzene rings is 1. The monoisotopic (exact) mass is 306 g/mol. The molecule has 0 heterocycles. The zero-order valence-electron chi connectivity index (χ0n) is 12.5. The van der Waals surface area contributed by atoms with Crippen LogP contribution in [0.2, 0.25) is 0 Å². The van der Waals surface area contributed by atoms with Gasteiger partial charge in [-0.15, -0.1) is 0 Å². The van der Waals surface area contributed by atoms with Crippen LogP contribution in [-0.2, 0) is 16.1 Å². The Morgan fingerprint density at radius 1 is 1.14 bits per heavy atom. The molecule has 0 unspecified atom stereocenters. The lowest BCUT2D eigenvalue weighted by atomic mass is 10.1. The predicted octanol–water partition coefficient (Wildman–Crippen LogP) is 0.451. The Balaban J connectivity index is 1.70. The molecule has 0 atom stereocenters. The molecule has 1 aliphatic carbocycles. The van der Waals surface area contributed by atoms with E-state index in [1.54, 1.807) is 12.1 Å². The van der Waals surface area contributed by atoms with Crippen molar-refractivity contribution in [2.45, 2.75) is 19.4 Å². The zero-order chi connectivity index (χ0) is 15.8. The van der Waals surface area contributed by atoms with Crippen LogP contribution in [0.4, 0.5) is 0 Å². The minimum absolute atomic E-state index is 0.0211. The lowest BCUT2D eigenvalue weighted by molar-refractivity contribution is -0.122. The summed E-state index contributed by atoms with van der Waals surface area (Å²) >= 11 is 0. The first kappa shape index (κ1) is 16.5. The molecule has 2 amide bonds. The second kappa shape index (κ2) is 8.51. The fourth-order valence-corrected chi connectivity index (χ4v) is 1.96. The summed E-state index contributed by atoms with van der Waals surface area (Å²) in [6.45, 7) is 1.52. The number of nitrogens with one attached hydrogen (secondary N) is 2. The maximum absolute atomic E-state index is 11.9. The highest BCUT2D eigenvalue weighted by molar-refractivity contribution is 5.94. The largest absolute Gasteiger partial charge is 0.394 e. The maximum atomic E-state index is 11.9. The maximum Gasteiger partial charge on any atom is 0.251 e. The van der Waals surface area contributed by atoms with E-state index in [9.17, 15) is 9.59 Å². The molecule has 1 fully saturated rings. The topological polar surface area (TPSA) is 87.7 Å². The van der Waals surface area contributed by atoms with Gasteiger partial charge in [0.1, 0.15) is 0 Å². The van der Waals surface area contributed by atoms with E-state index in [4.69, 9.17) is 9.84 Å². The van der Waals surface area contributed by atoms with E-state index in [1.165, 1.54) is 0 Å². The van der Waals surface area contributed by atoms with Crippen LogP contribution in [-0.4, -0.2) is 43.3 Å². The first-order chi connectivity index (χ1) is 10.7. The Morgan fingerprint density at radius 2 is 1.86 bits per heavy atom. The molecule has 1 aromatic rings. The van der Waals surface area contributed by atoms with Gasteiger partial charge in [-0.25, -0.2) is 0 Å². The fraction of sp³-hybridized carbons (Fsp3) is 0.500. The Hall–Kier alpha value is -1.92. The Kier molecular flexibility index (Phi) is 6.36. The van der Waals surface area contributed by atoms with Crippen molar-refractivity contribution in [1.82, 2.24) is 10.6 Å². The number of rotatable bonds is 9. The average Bonchev–Trinajstić information content (AvgIpc) is 3.37. The van der Waals surface area contributed by atoms with Gasteiger partial charge in [-0.2, -0.15) is 0 Å². The molecule has 6 heteroatoms. The van der Waals surface area contributed by atoms with Gasteiger partial charge in [-0.3, -0.25) is 9.59 Å². The van der Waals surface area contributed by atoms with Gasteiger partial charge in [0, 0.05) is 24.6 Å². The number of hydrogen-bond donors (Lipinski definition) is 3. The summed E-state index contributed by atoms with van der Waals surface area (Å²) < 4.78 is 5.06. The molecule has 0 aromatic heterocycles. The van der Waals surface area contributed by atoms with Crippen LogP contribution in [0.1, 0.15) is 28.8 Å². The normalized spacial score (nSPS) is 13.7. The van der Waals surface area contributed by atoms with Crippen LogP contribution in [0, 0.1) is 5.92 Å². The molecule has 0 radical (unpaired) electrons. The second-order valence-electron chi connectivity index (χ2n) is 5.28. The molecule has 6 nitrogen and oxygen atoms in total. The smallest absolute Gasteiger partial charge is 0.251 e. The van der Waals surface area contributed by atoms with Gasteiger partial charge in [-0.05, 0) is 30.5 Å². The number of ether oxygens (including phenoxy) is 1. The molecular weight excluding hydrogens is 284 g/mol. The van der Waals surface area contributed by atoms with Crippen molar-refractivity contribution in [2.75, 3.05) is 26.4 Å². The van der Waals surface area contributed by atoms with Gasteiger partial charge >= 0.3 is 0 Å². The zero-order valence-corrected chi connectivity index (χ0v) is 12.5. The van der Waals surface area contributed by atoms with Gasteiger partial charge in [0.15, 0.2) is 0 Å². The summed E-state index contributed by atoms with van der Waals surface area (Å²) in [5.41, 5.74) is 1.54. The summed E-state index contributed by atoms with van der Waals surface area (Å²) in [6.07, 6.45) is 1.99. The summed E-state index contributed by atoms with van der Waals surface area (Å²) in [5, 5.41) is 14.2. The number of amides is 2. The molecule has 1 aliphatic rings. The van der Waals surface area contributed by atoms with Crippen molar-refractivity contribution in [3.8, 4) is 0 Å². The molecule has 0 saturated heterocycles. The van der Waals surface area contributed by atoms with Crippen molar-refractivity contribution in [3.05, 3.63) is 35.4 Å². The third-order valence-electron chi connectivity index (χ3n) is 3.40. The van der Waals surface area contributed by atoms with Gasteiger partial charge in [0.05, 0.1) is 19.8 Å². The van der Waals surface area contributed by atoms with Crippen LogP contribution >= 0.6 is 0 Å². The summed E-state index contributed by atoms with van der Waals surface area (Å²) in [5.74, 6) is 0.156. The van der Waals surface area contributed by atoms with Crippen molar-refractivity contribution in [2.24, 2.45) is 5.92 Å². The van der Waals surface area contributed by atoms with Crippen molar-refractivity contribution in [1.29, 1.82) is 0 Å². The predicted molar refractivity (Wildman–Crippen MR) is 81.3 cm³/mol. The van der Waals surface area contributed by atoms with Gasteiger partial charge < -0.3 is 20.5 Å². The highest BCUT2D eigenvalue weighted by Crippen LogP contribution is 2.28. The summed E-state index contributed by atoms with van der Waals surface area (Å²) in [4.78, 5) is 23.4. The fourth-order valence-electron chi connectivity index (χ4n) is 1.96. The Morgan fingerprint density at radius 3 is 2.50 bits per heavy atom. The second-order valence-corrected chi connectivity index (χ2v) is 5.28. The lowest BCUT2D eigenvalue weighted by Crippen LogP contribution is -2.27.